The van der Waals surface area contributed by atoms with Crippen molar-refractivity contribution in [3.8, 4) is 11.8 Å². The van der Waals surface area contributed by atoms with E-state index in [1.54, 1.807) is 24.3 Å². The summed E-state index contributed by atoms with van der Waals surface area (Å²) in [4.78, 5) is 24.0. The molecule has 0 aliphatic rings. The summed E-state index contributed by atoms with van der Waals surface area (Å²) in [5.41, 5.74) is 6.33. The van der Waals surface area contributed by atoms with Crippen molar-refractivity contribution >= 4 is 23.2 Å². The first-order valence-electron chi connectivity index (χ1n) is 6.87. The first-order chi connectivity index (χ1) is 11.5. The van der Waals surface area contributed by atoms with Crippen LogP contribution in [0.5, 0.6) is 5.75 Å². The van der Waals surface area contributed by atoms with Gasteiger partial charge in [-0.05, 0) is 36.4 Å². The van der Waals surface area contributed by atoms with Crippen LogP contribution < -0.4 is 16.4 Å². The van der Waals surface area contributed by atoms with Gasteiger partial charge >= 0.3 is 0 Å². The summed E-state index contributed by atoms with van der Waals surface area (Å²) < 4.78 is 0. The number of amides is 2. The van der Waals surface area contributed by atoms with Gasteiger partial charge < -0.3 is 21.5 Å². The van der Waals surface area contributed by atoms with E-state index >= 15 is 0 Å². The Labute approximate surface area is 138 Å². The molecule has 7 heteroatoms. The van der Waals surface area contributed by atoms with Gasteiger partial charge in [0, 0.05) is 17.6 Å². The van der Waals surface area contributed by atoms with Crippen LogP contribution in [0.25, 0.3) is 0 Å². The molecule has 120 valence electrons. The first kappa shape index (κ1) is 16.6. The SMILES string of the molecule is N#C/C(=C/NC(=O)c1ccccc1N)C(=O)Nc1ccc(O)cc1. The largest absolute Gasteiger partial charge is 0.508 e. The number of para-hydroxylation sites is 1. The van der Waals surface area contributed by atoms with Gasteiger partial charge in [0.25, 0.3) is 11.8 Å². The van der Waals surface area contributed by atoms with Crippen molar-refractivity contribution in [3.05, 3.63) is 65.9 Å². The average Bonchev–Trinajstić information content (AvgIpc) is 2.57. The molecule has 7 nitrogen and oxygen atoms in total. The maximum Gasteiger partial charge on any atom is 0.267 e. The second kappa shape index (κ2) is 7.47. The highest BCUT2D eigenvalue weighted by atomic mass is 16.3. The maximum atomic E-state index is 12.0. The molecule has 0 saturated heterocycles. The zero-order valence-corrected chi connectivity index (χ0v) is 12.5. The van der Waals surface area contributed by atoms with Crippen LogP contribution in [0, 0.1) is 11.3 Å². The second-order valence-corrected chi connectivity index (χ2v) is 4.73. The van der Waals surface area contributed by atoms with E-state index in [1.807, 2.05) is 0 Å². The summed E-state index contributed by atoms with van der Waals surface area (Å²) in [6.45, 7) is 0. The van der Waals surface area contributed by atoms with Crippen LogP contribution in [0.2, 0.25) is 0 Å². The Bertz CT molecular complexity index is 836. The van der Waals surface area contributed by atoms with Crippen molar-refractivity contribution in [2.24, 2.45) is 0 Å². The molecule has 0 atom stereocenters. The minimum absolute atomic E-state index is 0.0526. The van der Waals surface area contributed by atoms with E-state index in [9.17, 15) is 14.7 Å². The Morgan fingerprint density at radius 1 is 1.12 bits per heavy atom. The molecule has 0 unspecified atom stereocenters. The van der Waals surface area contributed by atoms with Crippen molar-refractivity contribution in [2.75, 3.05) is 11.1 Å². The lowest BCUT2D eigenvalue weighted by atomic mass is 10.1. The van der Waals surface area contributed by atoms with Crippen molar-refractivity contribution in [2.45, 2.75) is 0 Å². The van der Waals surface area contributed by atoms with Crippen LogP contribution in [0.1, 0.15) is 10.4 Å². The van der Waals surface area contributed by atoms with Crippen LogP contribution in [-0.4, -0.2) is 16.9 Å². The van der Waals surface area contributed by atoms with Crippen LogP contribution in [0.4, 0.5) is 11.4 Å². The number of benzene rings is 2. The Morgan fingerprint density at radius 3 is 2.42 bits per heavy atom. The molecule has 0 fully saturated rings. The van der Waals surface area contributed by atoms with E-state index < -0.39 is 11.8 Å². The average molecular weight is 322 g/mol. The lowest BCUT2D eigenvalue weighted by Gasteiger charge is -2.06. The zero-order valence-electron chi connectivity index (χ0n) is 12.5. The predicted molar refractivity (Wildman–Crippen MR) is 88.8 cm³/mol. The van der Waals surface area contributed by atoms with Crippen molar-refractivity contribution in [3.63, 3.8) is 0 Å². The van der Waals surface area contributed by atoms with Gasteiger partial charge in [-0.3, -0.25) is 9.59 Å². The Balaban J connectivity index is 2.07. The quantitative estimate of drug-likeness (QED) is 0.295. The fraction of sp³-hybridized carbons (Fsp3) is 0. The van der Waals surface area contributed by atoms with E-state index in [0.717, 1.165) is 6.20 Å². The van der Waals surface area contributed by atoms with Crippen molar-refractivity contribution in [1.29, 1.82) is 5.26 Å². The van der Waals surface area contributed by atoms with Gasteiger partial charge in [-0.25, -0.2) is 0 Å². The predicted octanol–water partition coefficient (Wildman–Crippen LogP) is 1.75. The minimum atomic E-state index is -0.690. The van der Waals surface area contributed by atoms with Gasteiger partial charge in [0.05, 0.1) is 5.56 Å². The van der Waals surface area contributed by atoms with Gasteiger partial charge in [-0.15, -0.1) is 0 Å². The van der Waals surface area contributed by atoms with Gasteiger partial charge in [0.1, 0.15) is 17.4 Å². The molecule has 2 aromatic carbocycles. The van der Waals surface area contributed by atoms with E-state index in [4.69, 9.17) is 11.0 Å². The highest BCUT2D eigenvalue weighted by Crippen LogP contribution is 2.14. The lowest BCUT2D eigenvalue weighted by molar-refractivity contribution is -0.112. The third-order valence-corrected chi connectivity index (χ3v) is 3.04. The molecule has 2 amide bonds. The van der Waals surface area contributed by atoms with Crippen molar-refractivity contribution < 1.29 is 14.7 Å². The number of aromatic hydroxyl groups is 1. The summed E-state index contributed by atoms with van der Waals surface area (Å²) in [7, 11) is 0. The molecule has 0 spiro atoms. The molecule has 0 aliphatic carbocycles. The Morgan fingerprint density at radius 2 is 1.79 bits per heavy atom. The zero-order chi connectivity index (χ0) is 17.5. The summed E-state index contributed by atoms with van der Waals surface area (Å²) in [6, 6.07) is 13.9. The fourth-order valence-corrected chi connectivity index (χ4v) is 1.81. The molecule has 5 N–H and O–H groups in total. The molecule has 0 aromatic heterocycles. The molecule has 24 heavy (non-hydrogen) atoms. The molecule has 0 heterocycles. The third-order valence-electron chi connectivity index (χ3n) is 3.04. The fourth-order valence-electron chi connectivity index (χ4n) is 1.81. The lowest BCUT2D eigenvalue weighted by Crippen LogP contribution is -2.22. The number of anilines is 2. The molecule has 0 radical (unpaired) electrons. The second-order valence-electron chi connectivity index (χ2n) is 4.73. The molecular formula is C17H14N4O3. The normalized spacial score (nSPS) is 10.5. The number of carbonyl (C=O) groups is 2. The number of carbonyl (C=O) groups excluding carboxylic acids is 2. The molecule has 2 rings (SSSR count). The molecule has 2 aromatic rings. The summed E-state index contributed by atoms with van der Waals surface area (Å²) in [6.07, 6.45) is 1.02. The summed E-state index contributed by atoms with van der Waals surface area (Å²) in [5.74, 6) is -1.17. The van der Waals surface area contributed by atoms with Gasteiger partial charge in [0.2, 0.25) is 0 Å². The number of phenols is 1. The number of hydrogen-bond acceptors (Lipinski definition) is 5. The minimum Gasteiger partial charge on any atom is -0.508 e. The third kappa shape index (κ3) is 4.11. The van der Waals surface area contributed by atoms with Crippen molar-refractivity contribution in [1.82, 2.24) is 5.32 Å². The van der Waals surface area contributed by atoms with Gasteiger partial charge in [-0.2, -0.15) is 5.26 Å². The van der Waals surface area contributed by atoms with Crippen LogP contribution >= 0.6 is 0 Å². The number of nitrogens with zero attached hydrogens (tertiary/aromatic N) is 1. The van der Waals surface area contributed by atoms with Gasteiger partial charge in [0.15, 0.2) is 0 Å². The number of hydrogen-bond donors (Lipinski definition) is 4. The first-order valence-corrected chi connectivity index (χ1v) is 6.87. The monoisotopic (exact) mass is 322 g/mol. The van der Waals surface area contributed by atoms with Crippen LogP contribution in [0.15, 0.2) is 60.3 Å². The molecular weight excluding hydrogens is 308 g/mol. The van der Waals surface area contributed by atoms with E-state index in [-0.39, 0.29) is 22.6 Å². The number of rotatable bonds is 4. The van der Waals surface area contributed by atoms with Crippen LogP contribution in [0.3, 0.4) is 0 Å². The topological polar surface area (TPSA) is 128 Å². The number of nitrogens with one attached hydrogen (secondary N) is 2. The molecule has 0 aliphatic heterocycles. The summed E-state index contributed by atoms with van der Waals surface area (Å²) >= 11 is 0. The van der Waals surface area contributed by atoms with E-state index in [0.29, 0.717) is 5.69 Å². The maximum absolute atomic E-state index is 12.0. The molecule has 0 bridgehead atoms. The number of nitrogen functional groups attached to an aromatic ring is 1. The molecule has 0 saturated carbocycles. The van der Waals surface area contributed by atoms with Crippen LogP contribution in [-0.2, 0) is 4.79 Å². The number of phenolic OH excluding ortho intramolecular Hbond substituents is 1. The van der Waals surface area contributed by atoms with E-state index in [2.05, 4.69) is 10.6 Å². The Kier molecular flexibility index (Phi) is 5.16. The number of nitrogens with two attached hydrogens (primary N) is 1. The van der Waals surface area contributed by atoms with Gasteiger partial charge in [-0.1, -0.05) is 12.1 Å². The smallest absolute Gasteiger partial charge is 0.267 e. The Hall–Kier alpha value is -3.79. The standard InChI is InChI=1S/C17H14N4O3/c18-9-11(16(23)21-12-5-7-13(22)8-6-12)10-20-17(24)14-3-1-2-4-15(14)19/h1-8,10,22H,19H2,(H,20,24)(H,21,23)/b11-10-. The van der Waals surface area contributed by atoms with E-state index in [1.165, 1.54) is 30.3 Å². The summed E-state index contributed by atoms with van der Waals surface area (Å²) in [5, 5.41) is 23.1. The highest BCUT2D eigenvalue weighted by Gasteiger charge is 2.12. The number of nitriles is 1. The highest BCUT2D eigenvalue weighted by molar-refractivity contribution is 6.07.